The molecule has 6 nitrogen and oxygen atoms in total. The maximum absolute atomic E-state index is 11.2. The zero-order chi connectivity index (χ0) is 22.6. The average Bonchev–Trinajstić information content (AvgIpc) is 2.83. The van der Waals surface area contributed by atoms with Gasteiger partial charge in [0.1, 0.15) is 12.6 Å². The van der Waals surface area contributed by atoms with Crippen LogP contribution in [0.25, 0.3) is 0 Å². The van der Waals surface area contributed by atoms with Crippen molar-refractivity contribution in [3.8, 4) is 0 Å². The quantitative estimate of drug-likeness (QED) is 0.301. The Bertz CT molecular complexity index is 658. The van der Waals surface area contributed by atoms with Crippen molar-refractivity contribution in [1.82, 2.24) is 5.32 Å². The molecule has 0 saturated heterocycles. The van der Waals surface area contributed by atoms with Crippen molar-refractivity contribution in [3.63, 3.8) is 0 Å². The van der Waals surface area contributed by atoms with Crippen molar-refractivity contribution in [1.29, 1.82) is 0 Å². The fourth-order valence-corrected chi connectivity index (χ4v) is 4.49. The highest BCUT2D eigenvalue weighted by Gasteiger charge is 2.30. The Morgan fingerprint density at radius 2 is 2.00 bits per heavy atom. The molecule has 4 unspecified atom stereocenters. The fourth-order valence-electron chi connectivity index (χ4n) is 4.49. The topological polar surface area (TPSA) is 69.2 Å². The van der Waals surface area contributed by atoms with E-state index in [0.717, 1.165) is 38.0 Å². The van der Waals surface area contributed by atoms with Crippen LogP contribution in [0.3, 0.4) is 0 Å². The van der Waals surface area contributed by atoms with E-state index in [9.17, 15) is 4.91 Å². The normalized spacial score (nSPS) is 27.0. The third-order valence-electron chi connectivity index (χ3n) is 6.56. The summed E-state index contributed by atoms with van der Waals surface area (Å²) in [6.07, 6.45) is 18.8. The summed E-state index contributed by atoms with van der Waals surface area (Å²) in [4.78, 5) is 11.2. The van der Waals surface area contributed by atoms with Crippen LogP contribution in [0.2, 0.25) is 0 Å². The van der Waals surface area contributed by atoms with Crippen molar-refractivity contribution in [2.24, 2.45) is 11.1 Å². The van der Waals surface area contributed by atoms with Crippen molar-refractivity contribution >= 4 is 0 Å². The number of nitrogens with zero attached hydrogens (tertiary/aromatic N) is 1. The van der Waals surface area contributed by atoms with Gasteiger partial charge in [0, 0.05) is 19.0 Å². The highest BCUT2D eigenvalue weighted by atomic mass is 16.5. The minimum atomic E-state index is -0.390. The molecule has 3 aliphatic rings. The molecular weight excluding hydrogens is 404 g/mol. The summed E-state index contributed by atoms with van der Waals surface area (Å²) >= 11 is 0. The molecule has 0 aromatic heterocycles. The van der Waals surface area contributed by atoms with Gasteiger partial charge in [0.25, 0.3) is 0 Å². The molecule has 0 bridgehead atoms. The van der Waals surface area contributed by atoms with E-state index in [4.69, 9.17) is 14.2 Å². The first-order valence-electron chi connectivity index (χ1n) is 12.6. The van der Waals surface area contributed by atoms with Gasteiger partial charge in [0.15, 0.2) is 0 Å². The smallest absolute Gasteiger partial charge is 0.138 e. The van der Waals surface area contributed by atoms with E-state index in [2.05, 4.69) is 48.6 Å². The Morgan fingerprint density at radius 1 is 1.09 bits per heavy atom. The second-order valence-electron chi connectivity index (χ2n) is 9.72. The maximum Gasteiger partial charge on any atom is 0.138 e. The summed E-state index contributed by atoms with van der Waals surface area (Å²) < 4.78 is 18.8. The average molecular weight is 447 g/mol. The highest BCUT2D eigenvalue weighted by molar-refractivity contribution is 5.08. The second kappa shape index (κ2) is 13.9. The summed E-state index contributed by atoms with van der Waals surface area (Å²) in [6, 6.07) is -0.0725. The Hall–Kier alpha value is -1.50. The summed E-state index contributed by atoms with van der Waals surface area (Å²) in [5, 5.41) is 6.48. The zero-order valence-corrected chi connectivity index (χ0v) is 20.0. The monoisotopic (exact) mass is 446 g/mol. The molecule has 0 fully saturated rings. The van der Waals surface area contributed by atoms with Crippen LogP contribution in [-0.2, 0) is 14.2 Å². The van der Waals surface area contributed by atoms with Crippen LogP contribution >= 0.6 is 0 Å². The van der Waals surface area contributed by atoms with Gasteiger partial charge in [0.2, 0.25) is 0 Å². The zero-order valence-electron chi connectivity index (χ0n) is 20.0. The summed E-state index contributed by atoms with van der Waals surface area (Å²) in [5.41, 5.74) is 1.43. The maximum atomic E-state index is 11.2. The number of allylic oxidation sites excluding steroid dienone is 3. The summed E-state index contributed by atoms with van der Waals surface area (Å²) in [7, 11) is 0. The molecule has 0 aromatic carbocycles. The van der Waals surface area contributed by atoms with E-state index in [1.165, 1.54) is 31.3 Å². The van der Waals surface area contributed by atoms with Crippen LogP contribution in [-0.4, -0.2) is 50.7 Å². The Morgan fingerprint density at radius 3 is 2.72 bits per heavy atom. The third kappa shape index (κ3) is 8.80. The van der Waals surface area contributed by atoms with Crippen molar-refractivity contribution in [2.75, 3.05) is 26.4 Å². The van der Waals surface area contributed by atoms with Gasteiger partial charge in [-0.25, -0.2) is 0 Å². The van der Waals surface area contributed by atoms with E-state index in [1.807, 2.05) is 0 Å². The molecule has 0 spiro atoms. The van der Waals surface area contributed by atoms with E-state index in [-0.39, 0.29) is 18.2 Å². The van der Waals surface area contributed by atoms with Gasteiger partial charge in [-0.1, -0.05) is 37.3 Å². The molecule has 3 aliphatic carbocycles. The lowest BCUT2D eigenvalue weighted by Crippen LogP contribution is -2.37. The minimum Gasteiger partial charge on any atom is -0.496 e. The van der Waals surface area contributed by atoms with Crippen molar-refractivity contribution < 1.29 is 14.2 Å². The van der Waals surface area contributed by atoms with Gasteiger partial charge in [-0.2, -0.15) is 4.91 Å². The molecule has 4 atom stereocenters. The molecule has 1 N–H and O–H groups in total. The number of rotatable bonds is 13. The minimum absolute atomic E-state index is 0.0125. The Balaban J connectivity index is 1.53. The number of nitroso groups, excluding NO2 is 1. The molecular formula is C26H42N2O4. The van der Waals surface area contributed by atoms with Crippen LogP contribution in [0.5, 0.6) is 0 Å². The number of ether oxygens (including phenoxy) is 3. The molecule has 0 amide bonds. The highest BCUT2D eigenvalue weighted by Crippen LogP contribution is 2.28. The second-order valence-corrected chi connectivity index (χ2v) is 9.72. The largest absolute Gasteiger partial charge is 0.496 e. The summed E-state index contributed by atoms with van der Waals surface area (Å²) in [5.74, 6) is 1.48. The van der Waals surface area contributed by atoms with Crippen LogP contribution in [0.1, 0.15) is 71.6 Å². The first kappa shape index (κ1) is 25.1. The van der Waals surface area contributed by atoms with Crippen LogP contribution in [0, 0.1) is 10.8 Å². The number of hydrogen-bond donors (Lipinski definition) is 1. The van der Waals surface area contributed by atoms with Gasteiger partial charge >= 0.3 is 0 Å². The van der Waals surface area contributed by atoms with Crippen molar-refractivity contribution in [3.05, 3.63) is 40.5 Å². The van der Waals surface area contributed by atoms with Crippen LogP contribution < -0.4 is 5.32 Å². The van der Waals surface area contributed by atoms with E-state index in [0.29, 0.717) is 38.1 Å². The van der Waals surface area contributed by atoms with E-state index >= 15 is 0 Å². The van der Waals surface area contributed by atoms with Gasteiger partial charge in [-0.3, -0.25) is 0 Å². The molecule has 0 heterocycles. The van der Waals surface area contributed by atoms with Gasteiger partial charge in [-0.15, -0.1) is 0 Å². The molecule has 0 saturated carbocycles. The molecule has 0 aromatic rings. The van der Waals surface area contributed by atoms with Gasteiger partial charge < -0.3 is 19.5 Å². The third-order valence-corrected chi connectivity index (χ3v) is 6.56. The molecule has 0 aliphatic heterocycles. The number of hydrogen-bond acceptors (Lipinski definition) is 6. The Labute approximate surface area is 193 Å². The predicted octanol–water partition coefficient (Wildman–Crippen LogP) is 5.44. The summed E-state index contributed by atoms with van der Waals surface area (Å²) in [6.45, 7) is 6.41. The number of nitrogens with one attached hydrogen (secondary N) is 1. The molecule has 3 rings (SSSR count). The molecule has 32 heavy (non-hydrogen) atoms. The van der Waals surface area contributed by atoms with Crippen LogP contribution in [0.4, 0.5) is 0 Å². The molecule has 6 heteroatoms. The molecule has 0 radical (unpaired) electrons. The predicted molar refractivity (Wildman–Crippen MR) is 129 cm³/mol. The standard InChI is InChI=1S/C26H42N2O4/c1-20(2)27-16-23(28-29)19-30-24-13-14-25(31-17-21-9-5-3-6-10-21)26(15-24)32-18-22-11-7-4-8-12-22/h4,7,9,13,20,22-23,25-27H,3,5-6,8,10-12,14-19H2,1-2H3. The van der Waals surface area contributed by atoms with Crippen LogP contribution in [0.15, 0.2) is 40.8 Å². The molecule has 180 valence electrons. The first-order valence-corrected chi connectivity index (χ1v) is 12.6. The van der Waals surface area contributed by atoms with E-state index in [1.54, 1.807) is 0 Å². The van der Waals surface area contributed by atoms with Gasteiger partial charge in [0.05, 0.1) is 31.2 Å². The Kier molecular flexibility index (Phi) is 10.9. The van der Waals surface area contributed by atoms with E-state index < -0.39 is 0 Å². The SMILES string of the molecule is CC(C)NCC(COC1=CCC(OCC2=CCCCC2)C(OCC2CC=CCC2)C1)N=O. The van der Waals surface area contributed by atoms with Crippen molar-refractivity contribution in [2.45, 2.75) is 95.9 Å². The first-order chi connectivity index (χ1) is 15.6. The van der Waals surface area contributed by atoms with Gasteiger partial charge in [-0.05, 0) is 68.9 Å². The lowest BCUT2D eigenvalue weighted by Gasteiger charge is -2.33. The lowest BCUT2D eigenvalue weighted by atomic mass is 9.94. The fraction of sp³-hybridized carbons (Fsp3) is 0.769. The lowest BCUT2D eigenvalue weighted by molar-refractivity contribution is -0.0857.